The van der Waals surface area contributed by atoms with Crippen LogP contribution in [0.25, 0.3) is 0 Å². The third-order valence-corrected chi connectivity index (χ3v) is 1.02. The maximum absolute atomic E-state index is 10.5. The Hall–Kier alpha value is -0.410. The number of hydrogen-bond acceptors (Lipinski definition) is 3. The van der Waals surface area contributed by atoms with Gasteiger partial charge in [-0.25, -0.2) is 0 Å². The lowest BCUT2D eigenvalue weighted by atomic mass is 10.2. The first-order valence-electron chi connectivity index (χ1n) is 4.37. The van der Waals surface area contributed by atoms with Crippen molar-refractivity contribution in [1.82, 2.24) is 0 Å². The predicted octanol–water partition coefficient (Wildman–Crippen LogP) is 2.05. The van der Waals surface area contributed by atoms with Gasteiger partial charge in [-0.15, -0.1) is 0 Å². The molecule has 0 saturated carbocycles. The van der Waals surface area contributed by atoms with Crippen molar-refractivity contribution >= 4 is 6.29 Å². The predicted molar refractivity (Wildman–Crippen MR) is 51.2 cm³/mol. The van der Waals surface area contributed by atoms with Gasteiger partial charge in [0.15, 0.2) is 0 Å². The largest absolute Gasteiger partial charge is 0.340 e. The summed E-state index contributed by atoms with van der Waals surface area (Å²) in [4.78, 5) is 10.5. The summed E-state index contributed by atoms with van der Waals surface area (Å²) in [5.41, 5.74) is -0.791. The van der Waals surface area contributed by atoms with Crippen molar-refractivity contribution in [2.75, 3.05) is 0 Å². The van der Waals surface area contributed by atoms with Crippen molar-refractivity contribution in [2.24, 2.45) is 0 Å². The average molecular weight is 187 g/mol. The highest BCUT2D eigenvalue weighted by Gasteiger charge is 2.24. The van der Waals surface area contributed by atoms with Crippen molar-refractivity contribution in [2.45, 2.75) is 59.0 Å². The van der Waals surface area contributed by atoms with E-state index in [1.165, 1.54) is 0 Å². The first kappa shape index (κ1) is 12.6. The lowest BCUT2D eigenvalue weighted by Crippen LogP contribution is -2.36. The standard InChI is InChI=1S/C10H19O3/c1-9(2,3)12-8(7-11)13-10(4,5)6/h8H,1-6H3. The highest BCUT2D eigenvalue weighted by atomic mass is 16.7. The smallest absolute Gasteiger partial charge is 0.259 e. The zero-order valence-corrected chi connectivity index (χ0v) is 9.30. The Morgan fingerprint density at radius 2 is 1.23 bits per heavy atom. The van der Waals surface area contributed by atoms with Gasteiger partial charge in [-0.05, 0) is 41.5 Å². The summed E-state index contributed by atoms with van der Waals surface area (Å²) < 4.78 is 10.6. The molecule has 0 amide bonds. The molecule has 0 aromatic rings. The molecule has 0 atom stereocenters. The molecule has 1 radical (unpaired) electrons. The van der Waals surface area contributed by atoms with Crippen LogP contribution in [0.5, 0.6) is 0 Å². The van der Waals surface area contributed by atoms with Crippen LogP contribution in [0.1, 0.15) is 41.5 Å². The molecule has 0 saturated heterocycles. The van der Waals surface area contributed by atoms with Crippen LogP contribution in [0.4, 0.5) is 0 Å². The topological polar surface area (TPSA) is 35.5 Å². The van der Waals surface area contributed by atoms with Crippen LogP contribution in [-0.4, -0.2) is 23.8 Å². The molecule has 0 aromatic heterocycles. The second kappa shape index (κ2) is 4.20. The molecule has 0 spiro atoms. The van der Waals surface area contributed by atoms with Gasteiger partial charge in [0.1, 0.15) is 0 Å². The van der Waals surface area contributed by atoms with Crippen LogP contribution in [0.15, 0.2) is 0 Å². The molecule has 77 valence electrons. The van der Waals surface area contributed by atoms with E-state index in [0.717, 1.165) is 0 Å². The van der Waals surface area contributed by atoms with Crippen molar-refractivity contribution in [3.63, 3.8) is 0 Å². The Kier molecular flexibility index (Phi) is 4.07. The fourth-order valence-corrected chi connectivity index (χ4v) is 0.714. The number of carbonyl (C=O) groups excluding carboxylic acids is 1. The van der Waals surface area contributed by atoms with E-state index < -0.39 is 17.5 Å². The second-order valence-electron chi connectivity index (χ2n) is 4.91. The van der Waals surface area contributed by atoms with E-state index in [0.29, 0.717) is 0 Å². The molecule has 0 heterocycles. The third-order valence-electron chi connectivity index (χ3n) is 1.02. The van der Waals surface area contributed by atoms with Crippen molar-refractivity contribution in [3.8, 4) is 0 Å². The van der Waals surface area contributed by atoms with Crippen LogP contribution in [0.2, 0.25) is 0 Å². The molecule has 3 heteroatoms. The number of rotatable bonds is 3. The molecule has 0 unspecified atom stereocenters. The lowest BCUT2D eigenvalue weighted by molar-refractivity contribution is -0.199. The Labute approximate surface area is 80.4 Å². The Morgan fingerprint density at radius 3 is 1.38 bits per heavy atom. The van der Waals surface area contributed by atoms with Crippen molar-refractivity contribution in [1.29, 1.82) is 0 Å². The normalized spacial score (nSPS) is 13.5. The zero-order valence-electron chi connectivity index (χ0n) is 9.30. The summed E-state index contributed by atoms with van der Waals surface area (Å²) in [7, 11) is 0. The van der Waals surface area contributed by atoms with E-state index >= 15 is 0 Å². The van der Waals surface area contributed by atoms with Gasteiger partial charge >= 0.3 is 0 Å². The van der Waals surface area contributed by atoms with Crippen molar-refractivity contribution in [3.05, 3.63) is 0 Å². The molecule has 3 nitrogen and oxygen atoms in total. The van der Waals surface area contributed by atoms with Crippen LogP contribution < -0.4 is 0 Å². The SMILES string of the molecule is CC(C)(C)OC([C]=O)OC(C)(C)C. The van der Waals surface area contributed by atoms with Gasteiger partial charge in [0.2, 0.25) is 6.29 Å². The van der Waals surface area contributed by atoms with Gasteiger partial charge in [0.05, 0.1) is 11.2 Å². The van der Waals surface area contributed by atoms with E-state index in [-0.39, 0.29) is 0 Å². The Bertz CT molecular complexity index is 146. The minimum atomic E-state index is -0.903. The maximum atomic E-state index is 10.5. The maximum Gasteiger partial charge on any atom is 0.259 e. The molecule has 0 aromatic carbocycles. The summed E-state index contributed by atoms with van der Waals surface area (Å²) >= 11 is 0. The lowest BCUT2D eigenvalue weighted by Gasteiger charge is -2.28. The van der Waals surface area contributed by atoms with Crippen LogP contribution in [-0.2, 0) is 14.3 Å². The molecular weight excluding hydrogens is 168 g/mol. The van der Waals surface area contributed by atoms with Gasteiger partial charge in [0.25, 0.3) is 6.29 Å². The van der Waals surface area contributed by atoms with Crippen LogP contribution in [0, 0.1) is 0 Å². The van der Waals surface area contributed by atoms with E-state index in [2.05, 4.69) is 0 Å². The second-order valence-corrected chi connectivity index (χ2v) is 4.91. The molecule has 0 N–H and O–H groups in total. The van der Waals surface area contributed by atoms with Crippen LogP contribution in [0.3, 0.4) is 0 Å². The monoisotopic (exact) mass is 187 g/mol. The van der Waals surface area contributed by atoms with E-state index in [9.17, 15) is 4.79 Å². The fraction of sp³-hybridized carbons (Fsp3) is 0.900. The van der Waals surface area contributed by atoms with E-state index in [4.69, 9.17) is 9.47 Å². The molecule has 0 aliphatic rings. The first-order chi connectivity index (χ1) is 5.64. The molecule has 0 fully saturated rings. The summed E-state index contributed by atoms with van der Waals surface area (Å²) in [5, 5.41) is 0. The molecule has 0 aliphatic heterocycles. The minimum Gasteiger partial charge on any atom is -0.340 e. The fourth-order valence-electron chi connectivity index (χ4n) is 0.714. The summed E-state index contributed by atoms with van der Waals surface area (Å²) in [5.74, 6) is 0. The first-order valence-corrected chi connectivity index (χ1v) is 4.37. The highest BCUT2D eigenvalue weighted by molar-refractivity contribution is 5.55. The van der Waals surface area contributed by atoms with Gasteiger partial charge in [-0.1, -0.05) is 0 Å². The molecule has 13 heavy (non-hydrogen) atoms. The summed E-state index contributed by atoms with van der Waals surface area (Å²) in [6, 6.07) is 0. The van der Waals surface area contributed by atoms with Gasteiger partial charge in [-0.3, -0.25) is 4.79 Å². The highest BCUT2D eigenvalue weighted by Crippen LogP contribution is 2.16. The molecular formula is C10H19O3. The summed E-state index contributed by atoms with van der Waals surface area (Å²) in [6.45, 7) is 11.2. The van der Waals surface area contributed by atoms with Crippen molar-refractivity contribution < 1.29 is 14.3 Å². The van der Waals surface area contributed by atoms with E-state index in [1.54, 1.807) is 6.29 Å². The molecule has 0 aliphatic carbocycles. The third kappa shape index (κ3) is 7.94. The zero-order chi connectivity index (χ0) is 10.7. The van der Waals surface area contributed by atoms with E-state index in [1.807, 2.05) is 41.5 Å². The van der Waals surface area contributed by atoms with Crippen LogP contribution >= 0.6 is 0 Å². The van der Waals surface area contributed by atoms with Gasteiger partial charge in [0, 0.05) is 0 Å². The number of ether oxygens (including phenoxy) is 2. The molecule has 0 bridgehead atoms. The average Bonchev–Trinajstić information content (AvgIpc) is 1.79. The minimum absolute atomic E-state index is 0.396. The quantitative estimate of drug-likeness (QED) is 0.634. The molecule has 0 rings (SSSR count). The van der Waals surface area contributed by atoms with Gasteiger partial charge < -0.3 is 9.47 Å². The summed E-state index contributed by atoms with van der Waals surface area (Å²) in [6.07, 6.45) is 0.818. The number of hydrogen-bond donors (Lipinski definition) is 0. The van der Waals surface area contributed by atoms with Gasteiger partial charge in [-0.2, -0.15) is 0 Å². The Balaban J connectivity index is 4.13. The Morgan fingerprint density at radius 1 is 0.923 bits per heavy atom.